The summed E-state index contributed by atoms with van der Waals surface area (Å²) >= 11 is 0. The van der Waals surface area contributed by atoms with Crippen LogP contribution in [-0.4, -0.2) is 11.4 Å². The van der Waals surface area contributed by atoms with Gasteiger partial charge in [-0.05, 0) is 29.7 Å². The topological polar surface area (TPSA) is 24.7 Å². The minimum absolute atomic E-state index is 0.0745. The van der Waals surface area contributed by atoms with Gasteiger partial charge in [0.05, 0.1) is 22.8 Å². The van der Waals surface area contributed by atoms with Crippen molar-refractivity contribution in [1.29, 1.82) is 0 Å². The van der Waals surface area contributed by atoms with E-state index in [9.17, 15) is 17.6 Å². The Morgan fingerprint density at radius 2 is 0.900 bits per heavy atom. The van der Waals surface area contributed by atoms with Gasteiger partial charge in [0, 0.05) is 28.6 Å². The highest BCUT2D eigenvalue weighted by molar-refractivity contribution is 6.61. The molecule has 0 bridgehead atoms. The van der Waals surface area contributed by atoms with Gasteiger partial charge in [0.1, 0.15) is 23.3 Å². The number of halogens is 4. The summed E-state index contributed by atoms with van der Waals surface area (Å²) in [6.45, 7) is 0. The van der Waals surface area contributed by atoms with Crippen molar-refractivity contribution >= 4 is 33.6 Å². The van der Waals surface area contributed by atoms with Crippen LogP contribution < -0.4 is 0 Å². The second kappa shape index (κ2) is 6.91. The van der Waals surface area contributed by atoms with Crippen molar-refractivity contribution in [2.24, 2.45) is 9.98 Å². The van der Waals surface area contributed by atoms with Crippen LogP contribution in [0.5, 0.6) is 0 Å². The summed E-state index contributed by atoms with van der Waals surface area (Å²) in [5, 5.41) is 1.80. The zero-order chi connectivity index (χ0) is 20.8. The molecular weight excluding hydrogens is 392 g/mol. The lowest BCUT2D eigenvalue weighted by atomic mass is 10.1. The molecule has 1 aliphatic carbocycles. The Morgan fingerprint density at radius 3 is 1.30 bits per heavy atom. The van der Waals surface area contributed by atoms with E-state index in [-0.39, 0.29) is 11.4 Å². The number of hydrogen-bond acceptors (Lipinski definition) is 2. The van der Waals surface area contributed by atoms with E-state index < -0.39 is 23.3 Å². The third kappa shape index (κ3) is 3.16. The van der Waals surface area contributed by atoms with Crippen LogP contribution >= 0.6 is 0 Å². The van der Waals surface area contributed by atoms with Crippen LogP contribution in [0.3, 0.4) is 0 Å². The lowest BCUT2D eigenvalue weighted by molar-refractivity contribution is 0.583. The van der Waals surface area contributed by atoms with E-state index in [1.165, 1.54) is 0 Å². The van der Waals surface area contributed by atoms with E-state index in [4.69, 9.17) is 0 Å². The maximum absolute atomic E-state index is 13.7. The van der Waals surface area contributed by atoms with Gasteiger partial charge >= 0.3 is 0 Å². The molecule has 5 rings (SSSR count). The third-order valence-electron chi connectivity index (χ3n) is 4.82. The minimum atomic E-state index is -0.756. The Bertz CT molecular complexity index is 1250. The zero-order valence-corrected chi connectivity index (χ0v) is 15.3. The Morgan fingerprint density at radius 1 is 0.500 bits per heavy atom. The van der Waals surface area contributed by atoms with Crippen molar-refractivity contribution < 1.29 is 17.6 Å². The normalized spacial score (nSPS) is 15.5. The largest absolute Gasteiger partial charge is 0.246 e. The quantitative estimate of drug-likeness (QED) is 0.334. The molecule has 0 heterocycles. The van der Waals surface area contributed by atoms with E-state index in [1.807, 2.05) is 36.4 Å². The van der Waals surface area contributed by atoms with E-state index in [2.05, 4.69) is 9.98 Å². The second-order valence-corrected chi connectivity index (χ2v) is 6.89. The summed E-state index contributed by atoms with van der Waals surface area (Å²) in [5.74, 6) is -3.02. The first-order valence-electron chi connectivity index (χ1n) is 9.10. The van der Waals surface area contributed by atoms with Gasteiger partial charge in [-0.1, -0.05) is 36.4 Å². The van der Waals surface area contributed by atoms with E-state index in [0.717, 1.165) is 58.3 Å². The fourth-order valence-electron chi connectivity index (χ4n) is 3.68. The number of benzene rings is 4. The second-order valence-electron chi connectivity index (χ2n) is 6.89. The van der Waals surface area contributed by atoms with Gasteiger partial charge in [-0.15, -0.1) is 0 Å². The molecule has 146 valence electrons. The van der Waals surface area contributed by atoms with Gasteiger partial charge in [0.2, 0.25) is 0 Å². The van der Waals surface area contributed by atoms with E-state index in [0.29, 0.717) is 11.4 Å². The molecule has 30 heavy (non-hydrogen) atoms. The highest BCUT2D eigenvalue weighted by Crippen LogP contribution is 2.34. The Labute approximate surface area is 168 Å². The number of hydrogen-bond donors (Lipinski definition) is 0. The Balaban J connectivity index is 1.79. The van der Waals surface area contributed by atoms with Gasteiger partial charge in [-0.3, -0.25) is 0 Å². The number of nitrogens with zero attached hydrogens (tertiary/aromatic N) is 2. The van der Waals surface area contributed by atoms with Crippen LogP contribution in [0.2, 0.25) is 0 Å². The summed E-state index contributed by atoms with van der Waals surface area (Å²) in [7, 11) is 0. The molecule has 0 saturated carbocycles. The van der Waals surface area contributed by atoms with Crippen molar-refractivity contribution in [2.75, 3.05) is 0 Å². The first-order chi connectivity index (χ1) is 14.5. The van der Waals surface area contributed by atoms with E-state index >= 15 is 0 Å². The molecule has 0 saturated heterocycles. The van der Waals surface area contributed by atoms with Gasteiger partial charge in [0.15, 0.2) is 0 Å². The smallest absolute Gasteiger partial charge is 0.128 e. The predicted octanol–water partition coefficient (Wildman–Crippen LogP) is 6.65. The predicted molar refractivity (Wildman–Crippen MR) is 109 cm³/mol. The average Bonchev–Trinajstić information content (AvgIpc) is 2.96. The molecule has 0 atom stereocenters. The summed E-state index contributed by atoms with van der Waals surface area (Å²) in [6.07, 6.45) is 0. The minimum Gasteiger partial charge on any atom is -0.246 e. The maximum Gasteiger partial charge on any atom is 0.128 e. The zero-order valence-electron chi connectivity index (χ0n) is 15.3. The van der Waals surface area contributed by atoms with Crippen molar-refractivity contribution in [1.82, 2.24) is 0 Å². The molecule has 0 unspecified atom stereocenters. The standard InChI is InChI=1S/C24H12F4N2/c25-14-7-15(26)10-18(9-14)29-23-20-5-1-3-13-4-2-6-21(22(13)20)24(23)30-19-11-16(27)8-17(28)12-19/h1-12H. The molecule has 0 radical (unpaired) electrons. The Hall–Kier alpha value is -3.80. The first-order valence-corrected chi connectivity index (χ1v) is 9.10. The third-order valence-corrected chi connectivity index (χ3v) is 4.82. The molecular formula is C24H12F4N2. The molecule has 1 aliphatic rings. The van der Waals surface area contributed by atoms with Crippen LogP contribution in [0.25, 0.3) is 10.8 Å². The van der Waals surface area contributed by atoms with Crippen molar-refractivity contribution in [3.63, 3.8) is 0 Å². The van der Waals surface area contributed by atoms with Crippen LogP contribution in [0.1, 0.15) is 11.1 Å². The average molecular weight is 404 g/mol. The van der Waals surface area contributed by atoms with Crippen molar-refractivity contribution in [3.05, 3.63) is 107 Å². The molecule has 0 aliphatic heterocycles. The number of rotatable bonds is 2. The van der Waals surface area contributed by atoms with Crippen molar-refractivity contribution in [2.45, 2.75) is 0 Å². The SMILES string of the molecule is Fc1cc(F)cc(N=C2C(=Nc3cc(F)cc(F)c3)c3cccc4cccc2c34)c1. The molecule has 0 spiro atoms. The van der Waals surface area contributed by atoms with Crippen molar-refractivity contribution in [3.8, 4) is 0 Å². The molecule has 4 aromatic rings. The lowest BCUT2D eigenvalue weighted by Crippen LogP contribution is -2.10. The van der Waals surface area contributed by atoms with Gasteiger partial charge in [0.25, 0.3) is 0 Å². The van der Waals surface area contributed by atoms with Gasteiger partial charge in [-0.2, -0.15) is 0 Å². The van der Waals surface area contributed by atoms with Crippen LogP contribution in [0.15, 0.2) is 82.8 Å². The van der Waals surface area contributed by atoms with Gasteiger partial charge in [-0.25, -0.2) is 27.5 Å². The molecule has 0 aromatic heterocycles. The summed E-state index contributed by atoms with van der Waals surface area (Å²) in [5.41, 5.74) is 2.34. The summed E-state index contributed by atoms with van der Waals surface area (Å²) < 4.78 is 54.8. The highest BCUT2D eigenvalue weighted by atomic mass is 19.1. The molecule has 4 aromatic carbocycles. The highest BCUT2D eigenvalue weighted by Gasteiger charge is 2.27. The van der Waals surface area contributed by atoms with Crippen LogP contribution in [0, 0.1) is 23.3 Å². The fourth-order valence-corrected chi connectivity index (χ4v) is 3.68. The Kier molecular flexibility index (Phi) is 4.20. The van der Waals surface area contributed by atoms with Gasteiger partial charge < -0.3 is 0 Å². The maximum atomic E-state index is 13.7. The molecule has 0 N–H and O–H groups in total. The van der Waals surface area contributed by atoms with E-state index in [1.54, 1.807) is 0 Å². The van der Waals surface area contributed by atoms with Crippen LogP contribution in [-0.2, 0) is 0 Å². The summed E-state index contributed by atoms with van der Waals surface area (Å²) in [4.78, 5) is 8.92. The number of aliphatic imine (C=N–C) groups is 2. The fraction of sp³-hybridized carbons (Fsp3) is 0. The first kappa shape index (κ1) is 18.2. The molecule has 2 nitrogen and oxygen atoms in total. The lowest BCUT2D eigenvalue weighted by Gasteiger charge is -2.05. The summed E-state index contributed by atoms with van der Waals surface area (Å²) in [6, 6.07) is 17.1. The molecule has 6 heteroatoms. The molecule has 0 fully saturated rings. The van der Waals surface area contributed by atoms with Crippen LogP contribution in [0.4, 0.5) is 28.9 Å². The molecule has 0 amide bonds. The monoisotopic (exact) mass is 404 g/mol.